The number of benzene rings is 1. The lowest BCUT2D eigenvalue weighted by Crippen LogP contribution is -2.31. The third-order valence-corrected chi connectivity index (χ3v) is 2.71. The molecule has 0 unspecified atom stereocenters. The van der Waals surface area contributed by atoms with Crippen molar-refractivity contribution >= 4 is 17.6 Å². The van der Waals surface area contributed by atoms with E-state index >= 15 is 0 Å². The maximum Gasteiger partial charge on any atom is 0.152 e. The lowest BCUT2D eigenvalue weighted by atomic mass is 10.1. The van der Waals surface area contributed by atoms with Crippen LogP contribution in [0.15, 0.2) is 35.5 Å². The molecule has 0 bridgehead atoms. The van der Waals surface area contributed by atoms with Crippen LogP contribution in [0, 0.1) is 0 Å². The van der Waals surface area contributed by atoms with Gasteiger partial charge in [0.2, 0.25) is 0 Å². The Morgan fingerprint density at radius 1 is 1.27 bits per heavy atom. The summed E-state index contributed by atoms with van der Waals surface area (Å²) >= 11 is 0. The van der Waals surface area contributed by atoms with Gasteiger partial charge in [0.05, 0.1) is 0 Å². The van der Waals surface area contributed by atoms with Gasteiger partial charge < -0.3 is 9.74 Å². The Morgan fingerprint density at radius 2 is 2.20 bits per heavy atom. The largest absolute Gasteiger partial charge is 0.394 e. The fourth-order valence-corrected chi connectivity index (χ4v) is 1.99. The van der Waals surface area contributed by atoms with Gasteiger partial charge in [-0.3, -0.25) is 0 Å². The molecule has 3 rings (SSSR count). The minimum absolute atomic E-state index is 0.706. The molecule has 3 heteroatoms. The van der Waals surface area contributed by atoms with Crippen molar-refractivity contribution in [1.29, 1.82) is 0 Å². The molecule has 0 aliphatic carbocycles. The molecule has 0 aromatic heterocycles. The van der Waals surface area contributed by atoms with Crippen LogP contribution in [0.25, 0.3) is 6.08 Å². The fourth-order valence-electron chi connectivity index (χ4n) is 1.99. The molecule has 0 saturated heterocycles. The van der Waals surface area contributed by atoms with Crippen molar-refractivity contribution < 1.29 is 4.84 Å². The van der Waals surface area contributed by atoms with E-state index in [4.69, 9.17) is 4.84 Å². The van der Waals surface area contributed by atoms with Crippen molar-refractivity contribution in [3.8, 4) is 0 Å². The van der Waals surface area contributed by atoms with Crippen LogP contribution in [-0.2, 0) is 4.84 Å². The number of rotatable bonds is 0. The Labute approximate surface area is 88.6 Å². The maximum absolute atomic E-state index is 5.05. The summed E-state index contributed by atoms with van der Waals surface area (Å²) in [6.45, 7) is 1.59. The third kappa shape index (κ3) is 1.40. The second kappa shape index (κ2) is 3.42. The van der Waals surface area contributed by atoms with Crippen LogP contribution in [0.4, 0.5) is 5.69 Å². The van der Waals surface area contributed by atoms with Crippen LogP contribution in [-0.4, -0.2) is 19.0 Å². The van der Waals surface area contributed by atoms with Crippen molar-refractivity contribution in [2.45, 2.75) is 6.42 Å². The second-order valence-electron chi connectivity index (χ2n) is 3.66. The molecule has 76 valence electrons. The fraction of sp³-hybridized carbons (Fsp3) is 0.250. The number of fused-ring (bicyclic) bond motifs is 1. The third-order valence-electron chi connectivity index (χ3n) is 2.71. The van der Waals surface area contributed by atoms with Crippen molar-refractivity contribution in [2.24, 2.45) is 5.16 Å². The number of amidine groups is 1. The molecule has 0 fully saturated rings. The van der Waals surface area contributed by atoms with Gasteiger partial charge in [0.25, 0.3) is 0 Å². The summed E-state index contributed by atoms with van der Waals surface area (Å²) in [5.74, 6) is 1.03. The lowest BCUT2D eigenvalue weighted by Gasteiger charge is -2.26. The SMILES string of the molecule is C1=Cc2ccccc2N(C2=NOCC2)C1. The smallest absolute Gasteiger partial charge is 0.152 e. The molecular formula is C12H12N2O. The van der Waals surface area contributed by atoms with Crippen LogP contribution in [0.5, 0.6) is 0 Å². The van der Waals surface area contributed by atoms with E-state index in [0.717, 1.165) is 18.8 Å². The monoisotopic (exact) mass is 200 g/mol. The van der Waals surface area contributed by atoms with E-state index in [1.165, 1.54) is 11.3 Å². The van der Waals surface area contributed by atoms with Gasteiger partial charge in [0.1, 0.15) is 6.61 Å². The topological polar surface area (TPSA) is 24.8 Å². The van der Waals surface area contributed by atoms with Gasteiger partial charge in [0, 0.05) is 18.7 Å². The molecular weight excluding hydrogens is 188 g/mol. The summed E-state index contributed by atoms with van der Waals surface area (Å²) in [7, 11) is 0. The molecule has 2 heterocycles. The zero-order valence-corrected chi connectivity index (χ0v) is 8.39. The van der Waals surface area contributed by atoms with E-state index in [1.807, 2.05) is 0 Å². The summed E-state index contributed by atoms with van der Waals surface area (Å²) < 4.78 is 0. The zero-order chi connectivity index (χ0) is 10.1. The first kappa shape index (κ1) is 8.53. The first-order valence-corrected chi connectivity index (χ1v) is 5.17. The standard InChI is InChI=1S/C12H12N2O/c1-2-6-11-10(4-1)5-3-8-14(11)12-7-9-15-13-12/h1-6H,7-9H2. The molecule has 1 aromatic carbocycles. The predicted octanol–water partition coefficient (Wildman–Crippen LogP) is 2.25. The van der Waals surface area contributed by atoms with E-state index < -0.39 is 0 Å². The Kier molecular flexibility index (Phi) is 1.95. The molecule has 2 aliphatic rings. The minimum Gasteiger partial charge on any atom is -0.394 e. The van der Waals surface area contributed by atoms with Crippen LogP contribution in [0.3, 0.4) is 0 Å². The Bertz CT molecular complexity index is 437. The lowest BCUT2D eigenvalue weighted by molar-refractivity contribution is 0.173. The van der Waals surface area contributed by atoms with Gasteiger partial charge in [-0.15, -0.1) is 0 Å². The maximum atomic E-state index is 5.05. The molecule has 0 spiro atoms. The predicted molar refractivity (Wildman–Crippen MR) is 60.8 cm³/mol. The highest BCUT2D eigenvalue weighted by Crippen LogP contribution is 2.27. The first-order valence-electron chi connectivity index (χ1n) is 5.17. The molecule has 0 N–H and O–H groups in total. The van der Waals surface area contributed by atoms with E-state index in [-0.39, 0.29) is 0 Å². The zero-order valence-electron chi connectivity index (χ0n) is 8.39. The Hall–Kier alpha value is -1.77. The number of hydrogen-bond donors (Lipinski definition) is 0. The van der Waals surface area contributed by atoms with Crippen molar-refractivity contribution in [3.05, 3.63) is 35.9 Å². The highest BCUT2D eigenvalue weighted by molar-refractivity contribution is 6.01. The second-order valence-corrected chi connectivity index (χ2v) is 3.66. The van der Waals surface area contributed by atoms with Crippen LogP contribution in [0.2, 0.25) is 0 Å². The van der Waals surface area contributed by atoms with E-state index in [9.17, 15) is 0 Å². The number of nitrogens with zero attached hydrogens (tertiary/aromatic N) is 2. The number of oxime groups is 1. The van der Waals surface area contributed by atoms with E-state index in [2.05, 4.69) is 46.5 Å². The minimum atomic E-state index is 0.706. The number of anilines is 1. The summed E-state index contributed by atoms with van der Waals surface area (Å²) in [6, 6.07) is 8.36. The normalized spacial score (nSPS) is 18.4. The highest BCUT2D eigenvalue weighted by Gasteiger charge is 2.20. The van der Waals surface area contributed by atoms with Crippen molar-refractivity contribution in [2.75, 3.05) is 18.1 Å². The van der Waals surface area contributed by atoms with Gasteiger partial charge in [0.15, 0.2) is 5.84 Å². The summed E-state index contributed by atoms with van der Waals surface area (Å²) in [5, 5.41) is 4.07. The quantitative estimate of drug-likeness (QED) is 0.641. The van der Waals surface area contributed by atoms with Gasteiger partial charge in [-0.25, -0.2) is 0 Å². The Morgan fingerprint density at radius 3 is 3.07 bits per heavy atom. The highest BCUT2D eigenvalue weighted by atomic mass is 16.6. The molecule has 0 radical (unpaired) electrons. The van der Waals surface area contributed by atoms with Gasteiger partial charge in [-0.05, 0) is 11.6 Å². The molecule has 15 heavy (non-hydrogen) atoms. The van der Waals surface area contributed by atoms with Crippen molar-refractivity contribution in [3.63, 3.8) is 0 Å². The van der Waals surface area contributed by atoms with Crippen LogP contribution < -0.4 is 4.90 Å². The molecule has 2 aliphatic heterocycles. The average molecular weight is 200 g/mol. The van der Waals surface area contributed by atoms with Gasteiger partial charge >= 0.3 is 0 Å². The first-order chi connectivity index (χ1) is 7.45. The summed E-state index contributed by atoms with van der Waals surface area (Å²) in [6.07, 6.45) is 5.22. The molecule has 3 nitrogen and oxygen atoms in total. The van der Waals surface area contributed by atoms with Crippen LogP contribution in [0.1, 0.15) is 12.0 Å². The molecule has 0 saturated carbocycles. The van der Waals surface area contributed by atoms with Crippen LogP contribution >= 0.6 is 0 Å². The van der Waals surface area contributed by atoms with Crippen molar-refractivity contribution in [1.82, 2.24) is 0 Å². The number of para-hydroxylation sites is 1. The number of hydrogen-bond acceptors (Lipinski definition) is 3. The van der Waals surface area contributed by atoms with Gasteiger partial charge in [-0.2, -0.15) is 0 Å². The van der Waals surface area contributed by atoms with E-state index in [1.54, 1.807) is 0 Å². The van der Waals surface area contributed by atoms with E-state index in [0.29, 0.717) is 6.61 Å². The summed E-state index contributed by atoms with van der Waals surface area (Å²) in [4.78, 5) is 7.26. The average Bonchev–Trinajstić information content (AvgIpc) is 2.82. The molecule has 0 amide bonds. The van der Waals surface area contributed by atoms with Gasteiger partial charge in [-0.1, -0.05) is 35.5 Å². The molecule has 0 atom stereocenters. The molecule has 1 aromatic rings. The Balaban J connectivity index is 2.02. The summed E-state index contributed by atoms with van der Waals surface area (Å²) in [5.41, 5.74) is 2.47.